The van der Waals surface area contributed by atoms with E-state index in [0.717, 1.165) is 34.6 Å². The molecule has 292 valence electrons. The Morgan fingerprint density at radius 3 is 1.88 bits per heavy atom. The fourth-order valence-corrected chi connectivity index (χ4v) is 8.58. The van der Waals surface area contributed by atoms with Gasteiger partial charge in [0.15, 0.2) is 29.2 Å². The molecule has 2 saturated heterocycles. The van der Waals surface area contributed by atoms with Crippen LogP contribution in [0.4, 0.5) is 0 Å². The van der Waals surface area contributed by atoms with Gasteiger partial charge in [-0.05, 0) is 19.3 Å². The number of fused-ring (bicyclic) bond motifs is 5. The molecule has 4 aliphatic rings. The van der Waals surface area contributed by atoms with Crippen molar-refractivity contribution < 1.29 is 76.6 Å². The molecule has 0 radical (unpaired) electrons. The lowest BCUT2D eigenvalue weighted by Gasteiger charge is -2.52. The Balaban J connectivity index is 2.21. The van der Waals surface area contributed by atoms with E-state index in [1.54, 1.807) is 13.8 Å². The number of epoxide rings is 1. The second-order valence-electron chi connectivity index (χ2n) is 15.8. The molecule has 2 aliphatic heterocycles. The van der Waals surface area contributed by atoms with Crippen LogP contribution in [0, 0.1) is 23.2 Å². The summed E-state index contributed by atoms with van der Waals surface area (Å²) in [4.78, 5) is 93.5. The van der Waals surface area contributed by atoms with E-state index in [1.165, 1.54) is 13.8 Å². The average molecular weight is 741 g/mol. The van der Waals surface area contributed by atoms with E-state index in [4.69, 9.17) is 37.9 Å². The molecule has 0 aromatic rings. The molecule has 12 atom stereocenters. The minimum absolute atomic E-state index is 0.0601. The summed E-state index contributed by atoms with van der Waals surface area (Å²) >= 11 is 0. The molecule has 4 rings (SSSR count). The molecule has 2 aliphatic carbocycles. The van der Waals surface area contributed by atoms with E-state index in [2.05, 4.69) is 0 Å². The predicted molar refractivity (Wildman–Crippen MR) is 175 cm³/mol. The first kappa shape index (κ1) is 41.1. The number of carbonyl (C=O) groups excluding carboxylic acids is 7. The van der Waals surface area contributed by atoms with Crippen molar-refractivity contribution in [2.45, 2.75) is 155 Å². The number of esters is 6. The summed E-state index contributed by atoms with van der Waals surface area (Å²) in [6, 6.07) is 0. The smallest absolute Gasteiger partial charge is 0.306 e. The van der Waals surface area contributed by atoms with Crippen molar-refractivity contribution in [3.8, 4) is 0 Å². The van der Waals surface area contributed by atoms with Crippen LogP contribution in [0.1, 0.15) is 95.4 Å². The van der Waals surface area contributed by atoms with Gasteiger partial charge in [-0.2, -0.15) is 0 Å². The minimum atomic E-state index is -2.59. The monoisotopic (exact) mass is 740 g/mol. The lowest BCUT2D eigenvalue weighted by atomic mass is 9.65. The molecule has 0 amide bonds. The number of aliphatic hydroxyl groups is 1. The first-order chi connectivity index (χ1) is 23.9. The maximum Gasteiger partial charge on any atom is 0.306 e. The van der Waals surface area contributed by atoms with E-state index in [0.29, 0.717) is 0 Å². The van der Waals surface area contributed by atoms with Gasteiger partial charge in [0.2, 0.25) is 0 Å². The Hall–Kier alpha value is -3.63. The van der Waals surface area contributed by atoms with E-state index in [-0.39, 0.29) is 12.5 Å². The predicted octanol–water partition coefficient (Wildman–Crippen LogP) is 1.92. The van der Waals surface area contributed by atoms with Gasteiger partial charge >= 0.3 is 35.8 Å². The Kier molecular flexibility index (Phi) is 11.6. The number of ether oxygens (including phenoxy) is 8. The molecular formula is C36H52O16. The first-order valence-corrected chi connectivity index (χ1v) is 17.5. The summed E-state index contributed by atoms with van der Waals surface area (Å²) in [5.74, 6) is -9.23. The molecule has 52 heavy (non-hydrogen) atoms. The van der Waals surface area contributed by atoms with Gasteiger partial charge in [-0.3, -0.25) is 33.6 Å². The standard InChI is InChI=1S/C36H52O16/c1-16(2)14-45-32-26(46-18(4)37)31-33(9,10)30-25(50-30)17(3)27(43)36(52-22(8)41)15-34(11,51-21(7)40)28(47-19(5)38)24(36)29(48-20(6)39)35(32,44)13-12-23(42)49-31/h16-17,24-26,28-32,44H,12-15H2,1-11H3/t17-,24-,25-,26+,28-,29-,30+,31-,32-,34-,35-,36-/m1/s1. The quantitative estimate of drug-likeness (QED) is 0.214. The SMILES string of the molecule is CC(=O)O[C@H]1[C@H]2OC(=O)CC[C@](O)([C@@H]1OCC(C)C)[C@H](OC(C)=O)[C@H]1[C@@H](OC(C)=O)[C@](C)(OC(C)=O)C[C@]1(OC(C)=O)C(=O)[C@H](C)[C@H]1O[C@@H]1C2(C)C. The normalized spacial score (nSPS) is 39.6. The van der Waals surface area contributed by atoms with Crippen LogP contribution in [-0.4, -0.2) is 113 Å². The van der Waals surface area contributed by atoms with Crippen molar-refractivity contribution in [1.29, 1.82) is 0 Å². The topological polar surface area (TPSA) is 217 Å². The van der Waals surface area contributed by atoms with Crippen LogP contribution in [0.3, 0.4) is 0 Å². The van der Waals surface area contributed by atoms with Crippen molar-refractivity contribution in [3.63, 3.8) is 0 Å². The van der Waals surface area contributed by atoms with Gasteiger partial charge in [-0.25, -0.2) is 0 Å². The fraction of sp³-hybridized carbons (Fsp3) is 0.806. The molecular weight excluding hydrogens is 688 g/mol. The van der Waals surface area contributed by atoms with E-state index < -0.39 is 138 Å². The molecule has 0 unspecified atom stereocenters. The number of hydrogen-bond donors (Lipinski definition) is 1. The highest BCUT2D eigenvalue weighted by Gasteiger charge is 2.76. The number of Topliss-reactive ketones (excluding diaryl/α,β-unsaturated/α-hetero) is 1. The van der Waals surface area contributed by atoms with Gasteiger partial charge in [-0.15, -0.1) is 0 Å². The van der Waals surface area contributed by atoms with Crippen LogP contribution in [0.15, 0.2) is 0 Å². The average Bonchev–Trinajstić information content (AvgIpc) is 3.76. The highest BCUT2D eigenvalue weighted by Crippen LogP contribution is 2.58. The molecule has 2 heterocycles. The summed E-state index contributed by atoms with van der Waals surface area (Å²) < 4.78 is 48.1. The molecule has 4 fully saturated rings. The third-order valence-corrected chi connectivity index (χ3v) is 10.5. The van der Waals surface area contributed by atoms with Gasteiger partial charge in [0.05, 0.1) is 18.1 Å². The molecule has 2 bridgehead atoms. The van der Waals surface area contributed by atoms with Crippen molar-refractivity contribution in [1.82, 2.24) is 0 Å². The molecule has 16 nitrogen and oxygen atoms in total. The zero-order valence-electron chi connectivity index (χ0n) is 31.7. The highest BCUT2D eigenvalue weighted by molar-refractivity contribution is 5.93. The van der Waals surface area contributed by atoms with Crippen LogP contribution < -0.4 is 0 Å². The summed E-state index contributed by atoms with van der Waals surface area (Å²) in [7, 11) is 0. The van der Waals surface area contributed by atoms with E-state index in [9.17, 15) is 33.9 Å². The highest BCUT2D eigenvalue weighted by atomic mass is 16.6. The Morgan fingerprint density at radius 2 is 1.37 bits per heavy atom. The fourth-order valence-electron chi connectivity index (χ4n) is 8.58. The van der Waals surface area contributed by atoms with Crippen LogP contribution in [0.5, 0.6) is 0 Å². The molecule has 0 aromatic carbocycles. The van der Waals surface area contributed by atoms with Gasteiger partial charge in [-0.1, -0.05) is 34.6 Å². The summed E-state index contributed by atoms with van der Waals surface area (Å²) in [5, 5.41) is 13.4. The van der Waals surface area contributed by atoms with Crippen molar-refractivity contribution in [3.05, 3.63) is 0 Å². The Morgan fingerprint density at radius 1 is 0.808 bits per heavy atom. The van der Waals surface area contributed by atoms with Crippen molar-refractivity contribution in [2.75, 3.05) is 6.61 Å². The number of hydrogen-bond acceptors (Lipinski definition) is 16. The molecule has 1 N–H and O–H groups in total. The summed E-state index contributed by atoms with van der Waals surface area (Å²) in [5.41, 5.74) is -8.17. The minimum Gasteiger partial charge on any atom is -0.459 e. The molecule has 16 heteroatoms. The number of ketones is 1. The maximum absolute atomic E-state index is 15.2. The Labute approximate surface area is 302 Å². The Bertz CT molecular complexity index is 1470. The maximum atomic E-state index is 15.2. The van der Waals surface area contributed by atoms with Crippen LogP contribution >= 0.6 is 0 Å². The van der Waals surface area contributed by atoms with Crippen molar-refractivity contribution >= 4 is 41.6 Å². The zero-order chi connectivity index (χ0) is 39.3. The summed E-state index contributed by atoms with van der Waals surface area (Å²) in [6.07, 6.45) is -11.7. The van der Waals surface area contributed by atoms with Gasteiger partial charge in [0.1, 0.15) is 23.9 Å². The number of carbonyl (C=O) groups is 7. The molecule has 0 spiro atoms. The first-order valence-electron chi connectivity index (χ1n) is 17.5. The molecule has 0 aromatic heterocycles. The van der Waals surface area contributed by atoms with Gasteiger partial charge in [0, 0.05) is 65.4 Å². The van der Waals surface area contributed by atoms with Crippen LogP contribution in [0.2, 0.25) is 0 Å². The van der Waals surface area contributed by atoms with Crippen molar-refractivity contribution in [2.24, 2.45) is 23.2 Å². The lowest BCUT2D eigenvalue weighted by molar-refractivity contribution is -0.268. The van der Waals surface area contributed by atoms with E-state index in [1.807, 2.05) is 13.8 Å². The molecule has 2 saturated carbocycles. The van der Waals surface area contributed by atoms with Gasteiger partial charge < -0.3 is 43.0 Å². The second-order valence-corrected chi connectivity index (χ2v) is 15.8. The number of rotatable bonds is 8. The zero-order valence-corrected chi connectivity index (χ0v) is 31.7. The third kappa shape index (κ3) is 7.70. The van der Waals surface area contributed by atoms with Crippen LogP contribution in [0.25, 0.3) is 0 Å². The van der Waals surface area contributed by atoms with Crippen LogP contribution in [-0.2, 0) is 71.5 Å². The van der Waals surface area contributed by atoms with Gasteiger partial charge in [0.25, 0.3) is 0 Å². The lowest BCUT2D eigenvalue weighted by Crippen LogP contribution is -2.70. The third-order valence-electron chi connectivity index (χ3n) is 10.5. The van der Waals surface area contributed by atoms with E-state index >= 15 is 4.79 Å². The second kappa shape index (κ2) is 14.7. The largest absolute Gasteiger partial charge is 0.459 e. The summed E-state index contributed by atoms with van der Waals surface area (Å²) in [6.45, 7) is 15.2.